The molecule has 28 heavy (non-hydrogen) atoms. The number of aromatic amines is 1. The Morgan fingerprint density at radius 1 is 1.21 bits per heavy atom. The van der Waals surface area contributed by atoms with Gasteiger partial charge in [-0.05, 0) is 47.9 Å². The third-order valence-corrected chi connectivity index (χ3v) is 6.06. The quantitative estimate of drug-likeness (QED) is 0.607. The SMILES string of the molecule is CS(=O)(=O)c1ccc(COc2ccc3[nH]c4c(c3c2)CCNC4C(=O)O)cc1. The summed E-state index contributed by atoms with van der Waals surface area (Å²) in [5, 5.41) is 13.4. The summed E-state index contributed by atoms with van der Waals surface area (Å²) in [5.74, 6) is -0.228. The van der Waals surface area contributed by atoms with E-state index in [2.05, 4.69) is 10.3 Å². The van der Waals surface area contributed by atoms with E-state index in [-0.39, 0.29) is 4.90 Å². The number of hydrogen-bond acceptors (Lipinski definition) is 5. The fourth-order valence-corrected chi connectivity index (χ4v) is 4.14. The highest BCUT2D eigenvalue weighted by molar-refractivity contribution is 7.90. The first-order valence-electron chi connectivity index (χ1n) is 8.85. The lowest BCUT2D eigenvalue weighted by Gasteiger charge is -2.20. The van der Waals surface area contributed by atoms with Crippen molar-refractivity contribution in [1.82, 2.24) is 10.3 Å². The van der Waals surface area contributed by atoms with Crippen molar-refractivity contribution in [2.75, 3.05) is 12.8 Å². The minimum atomic E-state index is -3.22. The van der Waals surface area contributed by atoms with Gasteiger partial charge in [-0.1, -0.05) is 12.1 Å². The van der Waals surface area contributed by atoms with E-state index < -0.39 is 21.8 Å². The van der Waals surface area contributed by atoms with Crippen LogP contribution in [0.1, 0.15) is 22.9 Å². The molecule has 4 rings (SSSR count). The van der Waals surface area contributed by atoms with E-state index in [0.29, 0.717) is 24.6 Å². The van der Waals surface area contributed by atoms with Gasteiger partial charge in [-0.2, -0.15) is 0 Å². The van der Waals surface area contributed by atoms with Crippen LogP contribution in [0.3, 0.4) is 0 Å². The van der Waals surface area contributed by atoms with Gasteiger partial charge in [-0.25, -0.2) is 8.42 Å². The Morgan fingerprint density at radius 3 is 2.64 bits per heavy atom. The second-order valence-corrected chi connectivity index (χ2v) is 8.92. The summed E-state index contributed by atoms with van der Waals surface area (Å²) in [6.07, 6.45) is 1.92. The molecule has 7 nitrogen and oxygen atoms in total. The zero-order valence-electron chi connectivity index (χ0n) is 15.2. The molecule has 1 aliphatic rings. The summed E-state index contributed by atoms with van der Waals surface area (Å²) >= 11 is 0. The van der Waals surface area contributed by atoms with Gasteiger partial charge in [0.2, 0.25) is 0 Å². The zero-order valence-corrected chi connectivity index (χ0v) is 16.0. The normalized spacial score (nSPS) is 16.7. The van der Waals surface area contributed by atoms with Crippen LogP contribution in [0, 0.1) is 0 Å². The number of rotatable bonds is 5. The Bertz CT molecular complexity index is 1150. The number of H-pyrrole nitrogens is 1. The van der Waals surface area contributed by atoms with Crippen molar-refractivity contribution in [2.24, 2.45) is 0 Å². The van der Waals surface area contributed by atoms with Crippen LogP contribution in [0.4, 0.5) is 0 Å². The van der Waals surface area contributed by atoms with Crippen molar-refractivity contribution in [3.8, 4) is 5.75 Å². The lowest BCUT2D eigenvalue weighted by Crippen LogP contribution is -2.34. The maximum atomic E-state index is 11.5. The topological polar surface area (TPSA) is 108 Å². The van der Waals surface area contributed by atoms with Gasteiger partial charge < -0.3 is 14.8 Å². The third kappa shape index (κ3) is 3.48. The second kappa shape index (κ2) is 6.96. The van der Waals surface area contributed by atoms with Gasteiger partial charge in [-0.3, -0.25) is 10.1 Å². The number of carbonyl (C=O) groups is 1. The maximum absolute atomic E-state index is 11.5. The predicted molar refractivity (Wildman–Crippen MR) is 104 cm³/mol. The van der Waals surface area contributed by atoms with Gasteiger partial charge in [0.1, 0.15) is 18.4 Å². The smallest absolute Gasteiger partial charge is 0.326 e. The molecule has 1 aromatic heterocycles. The van der Waals surface area contributed by atoms with Crippen molar-refractivity contribution in [3.05, 3.63) is 59.3 Å². The molecular weight excluding hydrogens is 380 g/mol. The number of ether oxygens (including phenoxy) is 1. The molecule has 3 aromatic rings. The Morgan fingerprint density at radius 2 is 1.96 bits per heavy atom. The van der Waals surface area contributed by atoms with Crippen LogP contribution in [0.25, 0.3) is 10.9 Å². The highest BCUT2D eigenvalue weighted by Crippen LogP contribution is 2.32. The molecule has 2 aromatic carbocycles. The van der Waals surface area contributed by atoms with Crippen LogP contribution >= 0.6 is 0 Å². The molecule has 0 radical (unpaired) electrons. The van der Waals surface area contributed by atoms with Crippen LogP contribution in [0.2, 0.25) is 0 Å². The van der Waals surface area contributed by atoms with Crippen molar-refractivity contribution in [2.45, 2.75) is 24.0 Å². The number of carboxylic acids is 1. The average Bonchev–Trinajstić information content (AvgIpc) is 3.04. The van der Waals surface area contributed by atoms with Crippen LogP contribution in [0.5, 0.6) is 5.75 Å². The van der Waals surface area contributed by atoms with E-state index in [4.69, 9.17) is 4.74 Å². The molecule has 0 bridgehead atoms. The molecule has 1 aliphatic heterocycles. The third-order valence-electron chi connectivity index (χ3n) is 4.93. The number of aliphatic carboxylic acids is 1. The monoisotopic (exact) mass is 400 g/mol. The Balaban J connectivity index is 1.56. The van der Waals surface area contributed by atoms with Gasteiger partial charge in [0.05, 0.1) is 4.90 Å². The number of sulfone groups is 1. The van der Waals surface area contributed by atoms with Crippen molar-refractivity contribution in [3.63, 3.8) is 0 Å². The Hall–Kier alpha value is -2.84. The number of carboxylic acid groups (broad SMARTS) is 1. The lowest BCUT2D eigenvalue weighted by atomic mass is 9.99. The highest BCUT2D eigenvalue weighted by Gasteiger charge is 2.29. The van der Waals surface area contributed by atoms with Crippen molar-refractivity contribution in [1.29, 1.82) is 0 Å². The molecule has 0 saturated heterocycles. The van der Waals surface area contributed by atoms with E-state index in [1.165, 1.54) is 6.26 Å². The summed E-state index contributed by atoms with van der Waals surface area (Å²) in [4.78, 5) is 15.0. The lowest BCUT2D eigenvalue weighted by molar-refractivity contribution is -0.139. The number of fused-ring (bicyclic) bond motifs is 3. The zero-order chi connectivity index (χ0) is 19.9. The largest absolute Gasteiger partial charge is 0.489 e. The highest BCUT2D eigenvalue weighted by atomic mass is 32.2. The van der Waals surface area contributed by atoms with Crippen LogP contribution < -0.4 is 10.1 Å². The molecule has 0 spiro atoms. The summed E-state index contributed by atoms with van der Waals surface area (Å²) in [6.45, 7) is 0.913. The minimum Gasteiger partial charge on any atom is -0.489 e. The fourth-order valence-electron chi connectivity index (χ4n) is 3.51. The molecule has 8 heteroatoms. The molecule has 1 atom stereocenters. The molecule has 0 aliphatic carbocycles. The van der Waals surface area contributed by atoms with Crippen LogP contribution in [-0.4, -0.2) is 37.3 Å². The van der Waals surface area contributed by atoms with Gasteiger partial charge in [0.25, 0.3) is 0 Å². The molecule has 0 amide bonds. The van der Waals surface area contributed by atoms with Crippen LogP contribution in [-0.2, 0) is 27.7 Å². The molecular formula is C20H20N2O5S. The Kier molecular flexibility index (Phi) is 4.60. The molecule has 146 valence electrons. The van der Waals surface area contributed by atoms with Crippen molar-refractivity contribution < 1.29 is 23.1 Å². The van der Waals surface area contributed by atoms with Gasteiger partial charge >= 0.3 is 5.97 Å². The fraction of sp³-hybridized carbons (Fsp3) is 0.250. The van der Waals surface area contributed by atoms with E-state index in [0.717, 1.165) is 28.5 Å². The number of benzene rings is 2. The summed E-state index contributed by atoms with van der Waals surface area (Å²) in [6, 6.07) is 11.5. The van der Waals surface area contributed by atoms with Gasteiger partial charge in [0.15, 0.2) is 9.84 Å². The first-order valence-corrected chi connectivity index (χ1v) is 10.7. The standard InChI is InChI=1S/C20H20N2O5S/c1-28(25,26)14-5-2-12(3-6-14)11-27-13-4-7-17-16(10-13)15-8-9-21-19(20(23)24)18(15)22-17/h2-7,10,19,21-22H,8-9,11H2,1H3,(H,23,24). The first kappa shape index (κ1) is 18.5. The first-order chi connectivity index (χ1) is 13.3. The van der Waals surface area contributed by atoms with E-state index in [1.807, 2.05) is 18.2 Å². The van der Waals surface area contributed by atoms with E-state index in [1.54, 1.807) is 24.3 Å². The molecule has 3 N–H and O–H groups in total. The molecule has 0 saturated carbocycles. The molecule has 2 heterocycles. The number of nitrogens with one attached hydrogen (secondary N) is 2. The minimum absolute atomic E-state index is 0.276. The molecule has 0 fully saturated rings. The van der Waals surface area contributed by atoms with Crippen LogP contribution in [0.15, 0.2) is 47.4 Å². The summed E-state index contributed by atoms with van der Waals surface area (Å²) < 4.78 is 28.9. The average molecular weight is 400 g/mol. The summed E-state index contributed by atoms with van der Waals surface area (Å²) in [7, 11) is -3.22. The second-order valence-electron chi connectivity index (χ2n) is 6.90. The van der Waals surface area contributed by atoms with E-state index >= 15 is 0 Å². The maximum Gasteiger partial charge on any atom is 0.326 e. The van der Waals surface area contributed by atoms with Gasteiger partial charge in [-0.15, -0.1) is 0 Å². The van der Waals surface area contributed by atoms with Crippen molar-refractivity contribution >= 4 is 26.7 Å². The number of hydrogen-bond donors (Lipinski definition) is 3. The predicted octanol–water partition coefficient (Wildman–Crippen LogP) is 2.42. The summed E-state index contributed by atoms with van der Waals surface area (Å²) in [5.41, 5.74) is 3.44. The molecule has 1 unspecified atom stereocenters. The number of aromatic nitrogens is 1. The van der Waals surface area contributed by atoms with E-state index in [9.17, 15) is 18.3 Å². The Labute approximate surface area is 162 Å². The van der Waals surface area contributed by atoms with Gasteiger partial charge in [0, 0.05) is 29.4 Å².